The van der Waals surface area contributed by atoms with Gasteiger partial charge in [0.2, 0.25) is 0 Å². The van der Waals surface area contributed by atoms with Crippen LogP contribution < -0.4 is 5.32 Å². The first-order chi connectivity index (χ1) is 13.2. The van der Waals surface area contributed by atoms with E-state index in [0.717, 1.165) is 31.2 Å². The van der Waals surface area contributed by atoms with Crippen LogP contribution in [0.2, 0.25) is 0 Å². The number of aromatic nitrogens is 2. The first kappa shape index (κ1) is 21.9. The summed E-state index contributed by atoms with van der Waals surface area (Å²) in [5.41, 5.74) is 4.88. The summed E-state index contributed by atoms with van der Waals surface area (Å²) in [5.74, 6) is 0.897. The van der Waals surface area contributed by atoms with Crippen molar-refractivity contribution in [3.05, 3.63) is 83.7 Å². The Hall–Kier alpha value is -2.35. The highest BCUT2D eigenvalue weighted by Gasteiger charge is 2.08. The fourth-order valence-corrected chi connectivity index (χ4v) is 3.03. The van der Waals surface area contributed by atoms with Crippen LogP contribution >= 0.6 is 24.0 Å². The Labute approximate surface area is 184 Å². The predicted octanol–water partition coefficient (Wildman–Crippen LogP) is 4.05. The van der Waals surface area contributed by atoms with Crippen LogP contribution in [0.25, 0.3) is 5.69 Å². The van der Waals surface area contributed by atoms with Gasteiger partial charge in [0, 0.05) is 33.4 Å². The van der Waals surface area contributed by atoms with E-state index in [1.54, 1.807) is 0 Å². The summed E-state index contributed by atoms with van der Waals surface area (Å²) >= 11 is 0. The van der Waals surface area contributed by atoms with Crippen molar-refractivity contribution in [3.8, 4) is 5.69 Å². The minimum atomic E-state index is 0. The molecule has 0 saturated heterocycles. The second kappa shape index (κ2) is 10.8. The topological polar surface area (TPSA) is 45.5 Å². The van der Waals surface area contributed by atoms with E-state index < -0.39 is 0 Å². The zero-order valence-electron chi connectivity index (χ0n) is 16.7. The number of benzene rings is 2. The Morgan fingerprint density at radius 3 is 2.54 bits per heavy atom. The maximum Gasteiger partial charge on any atom is 0.193 e. The largest absolute Gasteiger partial charge is 0.356 e. The fraction of sp³-hybridized carbons (Fsp3) is 0.273. The summed E-state index contributed by atoms with van der Waals surface area (Å²) in [6.45, 7) is 3.79. The van der Waals surface area contributed by atoms with Crippen molar-refractivity contribution in [2.45, 2.75) is 19.9 Å². The summed E-state index contributed by atoms with van der Waals surface area (Å²) in [5, 5.41) is 7.90. The second-order valence-electron chi connectivity index (χ2n) is 6.64. The maximum absolute atomic E-state index is 4.45. The molecule has 3 rings (SSSR count). The molecule has 3 aromatic rings. The van der Waals surface area contributed by atoms with Crippen LogP contribution in [0, 0.1) is 6.92 Å². The molecule has 0 unspecified atom stereocenters. The minimum absolute atomic E-state index is 0. The lowest BCUT2D eigenvalue weighted by molar-refractivity contribution is 0.476. The van der Waals surface area contributed by atoms with Crippen LogP contribution in [0.15, 0.2) is 72.0 Å². The number of hydrogen-bond acceptors (Lipinski definition) is 2. The van der Waals surface area contributed by atoms with Crippen molar-refractivity contribution in [1.29, 1.82) is 0 Å². The smallest absolute Gasteiger partial charge is 0.193 e. The van der Waals surface area contributed by atoms with Gasteiger partial charge in [0.05, 0.1) is 11.9 Å². The molecule has 1 heterocycles. The van der Waals surface area contributed by atoms with Gasteiger partial charge in [-0.25, -0.2) is 4.68 Å². The summed E-state index contributed by atoms with van der Waals surface area (Å²) in [7, 11) is 3.89. The van der Waals surface area contributed by atoms with E-state index in [-0.39, 0.29) is 24.0 Å². The van der Waals surface area contributed by atoms with Gasteiger partial charge in [-0.1, -0.05) is 42.5 Å². The van der Waals surface area contributed by atoms with Crippen LogP contribution in [0.1, 0.15) is 16.7 Å². The second-order valence-corrected chi connectivity index (χ2v) is 6.64. The highest BCUT2D eigenvalue weighted by Crippen LogP contribution is 2.10. The molecule has 0 aliphatic rings. The van der Waals surface area contributed by atoms with E-state index in [4.69, 9.17) is 0 Å². The number of nitrogens with one attached hydrogen (secondary N) is 1. The van der Waals surface area contributed by atoms with E-state index in [2.05, 4.69) is 76.9 Å². The van der Waals surface area contributed by atoms with Gasteiger partial charge in [-0.15, -0.1) is 24.0 Å². The molecular formula is C22H28IN5. The summed E-state index contributed by atoms with van der Waals surface area (Å²) in [4.78, 5) is 6.56. The summed E-state index contributed by atoms with van der Waals surface area (Å²) in [6.07, 6.45) is 4.90. The van der Waals surface area contributed by atoms with E-state index in [1.807, 2.05) is 36.1 Å². The van der Waals surface area contributed by atoms with Crippen molar-refractivity contribution >= 4 is 29.9 Å². The summed E-state index contributed by atoms with van der Waals surface area (Å²) in [6, 6.07) is 18.6. The number of aliphatic imine (C=N–C) groups is 1. The number of para-hydroxylation sites is 1. The molecule has 0 fully saturated rings. The molecule has 2 aromatic carbocycles. The van der Waals surface area contributed by atoms with E-state index >= 15 is 0 Å². The van der Waals surface area contributed by atoms with Gasteiger partial charge in [0.15, 0.2) is 5.96 Å². The number of nitrogens with zero attached hydrogens (tertiary/aromatic N) is 4. The lowest BCUT2D eigenvalue weighted by Crippen LogP contribution is -2.39. The molecule has 0 bridgehead atoms. The van der Waals surface area contributed by atoms with Crippen LogP contribution in [0.5, 0.6) is 0 Å². The molecule has 0 saturated carbocycles. The third-order valence-corrected chi connectivity index (χ3v) is 4.60. The van der Waals surface area contributed by atoms with E-state index in [9.17, 15) is 0 Å². The third kappa shape index (κ3) is 5.82. The lowest BCUT2D eigenvalue weighted by atomic mass is 10.1. The molecule has 0 atom stereocenters. The number of aryl methyl sites for hydroxylation is 1. The Morgan fingerprint density at radius 1 is 1.11 bits per heavy atom. The fourth-order valence-electron chi connectivity index (χ4n) is 3.03. The van der Waals surface area contributed by atoms with Gasteiger partial charge in [-0.3, -0.25) is 4.99 Å². The molecule has 1 aromatic heterocycles. The molecule has 0 radical (unpaired) electrons. The molecule has 0 spiro atoms. The van der Waals surface area contributed by atoms with Gasteiger partial charge >= 0.3 is 0 Å². The van der Waals surface area contributed by atoms with Gasteiger partial charge in [0.1, 0.15) is 0 Å². The van der Waals surface area contributed by atoms with Crippen molar-refractivity contribution in [3.63, 3.8) is 0 Å². The molecule has 1 N–H and O–H groups in total. The molecular weight excluding hydrogens is 461 g/mol. The van der Waals surface area contributed by atoms with Crippen LogP contribution in [-0.4, -0.2) is 41.3 Å². The van der Waals surface area contributed by atoms with Crippen molar-refractivity contribution in [2.24, 2.45) is 4.99 Å². The van der Waals surface area contributed by atoms with Crippen LogP contribution in [0.3, 0.4) is 0 Å². The molecule has 148 valence electrons. The summed E-state index contributed by atoms with van der Waals surface area (Å²) < 4.78 is 1.91. The number of rotatable bonds is 6. The Morgan fingerprint density at radius 2 is 1.82 bits per heavy atom. The molecule has 5 nitrogen and oxygen atoms in total. The molecule has 0 aliphatic heterocycles. The Bertz CT molecular complexity index is 889. The van der Waals surface area contributed by atoms with Crippen molar-refractivity contribution < 1.29 is 0 Å². The molecule has 0 aliphatic carbocycles. The van der Waals surface area contributed by atoms with Crippen molar-refractivity contribution in [1.82, 2.24) is 20.0 Å². The van der Waals surface area contributed by atoms with Crippen molar-refractivity contribution in [2.75, 3.05) is 20.6 Å². The Balaban J connectivity index is 0.00000280. The van der Waals surface area contributed by atoms with Gasteiger partial charge in [0.25, 0.3) is 0 Å². The van der Waals surface area contributed by atoms with E-state index in [0.29, 0.717) is 0 Å². The van der Waals surface area contributed by atoms with Gasteiger partial charge in [-0.05, 0) is 42.2 Å². The van der Waals surface area contributed by atoms with Gasteiger partial charge in [-0.2, -0.15) is 5.10 Å². The average Bonchev–Trinajstić information content (AvgIpc) is 3.16. The zero-order chi connectivity index (χ0) is 19.1. The maximum atomic E-state index is 4.45. The highest BCUT2D eigenvalue weighted by molar-refractivity contribution is 14.0. The average molecular weight is 489 g/mol. The zero-order valence-corrected chi connectivity index (χ0v) is 19.0. The predicted molar refractivity (Wildman–Crippen MR) is 127 cm³/mol. The minimum Gasteiger partial charge on any atom is -0.356 e. The molecule has 0 amide bonds. The Kier molecular flexibility index (Phi) is 8.50. The van der Waals surface area contributed by atoms with Gasteiger partial charge < -0.3 is 10.2 Å². The van der Waals surface area contributed by atoms with E-state index in [1.165, 1.54) is 16.7 Å². The number of guanidine groups is 1. The van der Waals surface area contributed by atoms with Crippen LogP contribution in [0.4, 0.5) is 0 Å². The SMILES string of the molecule is CN=C(NCCc1cnn(-c2ccccc2)c1)N(C)Cc1ccccc1C.I. The van der Waals surface area contributed by atoms with Crippen LogP contribution in [-0.2, 0) is 13.0 Å². The normalized spacial score (nSPS) is 11.0. The number of halogens is 1. The number of hydrogen-bond donors (Lipinski definition) is 1. The standard InChI is InChI=1S/C22H27N5.HI/c1-18-9-7-8-10-20(18)17-26(3)22(23-2)24-14-13-19-15-25-27(16-19)21-11-5-4-6-12-21;/h4-12,15-16H,13-14,17H2,1-3H3,(H,23,24);1H. The first-order valence-corrected chi connectivity index (χ1v) is 9.22. The molecule has 28 heavy (non-hydrogen) atoms. The molecule has 6 heteroatoms. The third-order valence-electron chi connectivity index (χ3n) is 4.60. The lowest BCUT2D eigenvalue weighted by Gasteiger charge is -2.23. The monoisotopic (exact) mass is 489 g/mol. The highest BCUT2D eigenvalue weighted by atomic mass is 127. The quantitative estimate of drug-likeness (QED) is 0.323. The first-order valence-electron chi connectivity index (χ1n) is 9.22.